The lowest BCUT2D eigenvalue weighted by Crippen LogP contribution is -2.44. The number of aryl methyl sites for hydroxylation is 1. The Balaban J connectivity index is 1.17. The van der Waals surface area contributed by atoms with Gasteiger partial charge in [-0.2, -0.15) is 0 Å². The monoisotopic (exact) mass is 493 g/mol. The van der Waals surface area contributed by atoms with Crippen molar-refractivity contribution in [1.82, 2.24) is 5.32 Å². The lowest BCUT2D eigenvalue weighted by atomic mass is 9.54. The molecule has 0 spiro atoms. The van der Waals surface area contributed by atoms with E-state index in [-0.39, 0.29) is 11.3 Å². The molecule has 0 bridgehead atoms. The van der Waals surface area contributed by atoms with Crippen LogP contribution in [0.2, 0.25) is 0 Å². The van der Waals surface area contributed by atoms with Gasteiger partial charge >= 0.3 is 0 Å². The molecule has 5 rings (SSSR count). The molecule has 0 aromatic heterocycles. The van der Waals surface area contributed by atoms with Crippen molar-refractivity contribution < 1.29 is 14.3 Å². The van der Waals surface area contributed by atoms with Crippen molar-refractivity contribution >= 4 is 11.7 Å². The van der Waals surface area contributed by atoms with Crippen LogP contribution in [-0.4, -0.2) is 24.8 Å². The molecule has 3 saturated carbocycles. The van der Waals surface area contributed by atoms with E-state index in [0.717, 1.165) is 63.5 Å². The summed E-state index contributed by atoms with van der Waals surface area (Å²) in [4.78, 5) is 25.9. The summed E-state index contributed by atoms with van der Waals surface area (Å²) in [6.45, 7) is 2.28. The number of ketones is 1. The van der Waals surface area contributed by atoms with Crippen molar-refractivity contribution in [2.24, 2.45) is 23.2 Å². The molecule has 0 saturated heterocycles. The Labute approximate surface area is 218 Å². The Hall–Kier alpha value is -1.84. The molecule has 1 N–H and O–H groups in total. The maximum atomic E-state index is 13.3. The summed E-state index contributed by atoms with van der Waals surface area (Å²) in [6.07, 6.45) is 17.7. The van der Waals surface area contributed by atoms with Crippen molar-refractivity contribution in [2.45, 2.75) is 122 Å². The van der Waals surface area contributed by atoms with Gasteiger partial charge < -0.3 is 10.1 Å². The molecule has 1 amide bonds. The van der Waals surface area contributed by atoms with Gasteiger partial charge in [-0.25, -0.2) is 0 Å². The minimum atomic E-state index is -0.134. The van der Waals surface area contributed by atoms with Gasteiger partial charge in [0.2, 0.25) is 5.91 Å². The molecule has 0 aliphatic heterocycles. The van der Waals surface area contributed by atoms with Crippen molar-refractivity contribution in [3.63, 3.8) is 0 Å². The molecule has 4 nitrogen and oxygen atoms in total. The van der Waals surface area contributed by atoms with E-state index in [4.69, 9.17) is 4.74 Å². The third-order valence-corrected chi connectivity index (χ3v) is 10.5. The van der Waals surface area contributed by atoms with E-state index in [2.05, 4.69) is 30.4 Å². The molecule has 4 aliphatic rings. The highest BCUT2D eigenvalue weighted by Crippen LogP contribution is 2.62. The van der Waals surface area contributed by atoms with E-state index in [1.807, 2.05) is 0 Å². The predicted molar refractivity (Wildman–Crippen MR) is 144 cm³/mol. The summed E-state index contributed by atoms with van der Waals surface area (Å²) < 4.78 is 5.48. The Morgan fingerprint density at radius 1 is 1.06 bits per heavy atom. The van der Waals surface area contributed by atoms with Gasteiger partial charge in [-0.15, -0.1) is 0 Å². The normalized spacial score (nSPS) is 32.6. The van der Waals surface area contributed by atoms with Crippen LogP contribution in [0, 0.1) is 23.2 Å². The van der Waals surface area contributed by atoms with Gasteiger partial charge in [0.25, 0.3) is 0 Å². The van der Waals surface area contributed by atoms with Gasteiger partial charge in [0.05, 0.1) is 7.11 Å². The number of benzene rings is 1. The number of carbonyl (C=O) groups excluding carboxylic acids is 2. The van der Waals surface area contributed by atoms with E-state index in [1.54, 1.807) is 7.11 Å². The summed E-state index contributed by atoms with van der Waals surface area (Å²) in [5.41, 5.74) is 2.83. The number of rotatable bonds is 7. The van der Waals surface area contributed by atoms with Crippen LogP contribution in [0.3, 0.4) is 0 Å². The molecule has 5 atom stereocenters. The number of nitrogens with one attached hydrogen (secondary N) is 1. The Bertz CT molecular complexity index is 933. The molecule has 0 unspecified atom stereocenters. The van der Waals surface area contributed by atoms with Crippen LogP contribution < -0.4 is 10.1 Å². The second-order valence-corrected chi connectivity index (χ2v) is 12.6. The fourth-order valence-electron chi connectivity index (χ4n) is 8.60. The number of methoxy groups -OCH3 is 1. The van der Waals surface area contributed by atoms with E-state index >= 15 is 0 Å². The first-order valence-electron chi connectivity index (χ1n) is 15.0. The fraction of sp³-hybridized carbons (Fsp3) is 0.750. The number of amides is 1. The second-order valence-electron chi connectivity index (χ2n) is 12.6. The maximum absolute atomic E-state index is 13.3. The van der Waals surface area contributed by atoms with Crippen LogP contribution in [0.15, 0.2) is 18.2 Å². The van der Waals surface area contributed by atoms with Gasteiger partial charge in [-0.1, -0.05) is 51.5 Å². The van der Waals surface area contributed by atoms with Crippen LogP contribution in [0.4, 0.5) is 0 Å². The first-order valence-corrected chi connectivity index (χ1v) is 15.0. The number of hydrogen-bond donors (Lipinski definition) is 1. The number of fused-ring (bicyclic) bond motifs is 5. The third kappa shape index (κ3) is 5.24. The summed E-state index contributed by atoms with van der Waals surface area (Å²) in [5, 5.41) is 3.33. The van der Waals surface area contributed by atoms with Crippen molar-refractivity contribution in [3.05, 3.63) is 29.3 Å². The van der Waals surface area contributed by atoms with Crippen molar-refractivity contribution in [2.75, 3.05) is 7.11 Å². The van der Waals surface area contributed by atoms with Crippen molar-refractivity contribution in [3.8, 4) is 5.75 Å². The zero-order valence-electron chi connectivity index (χ0n) is 22.7. The predicted octanol–water partition coefficient (Wildman–Crippen LogP) is 7.14. The number of ether oxygens (including phenoxy) is 1. The topological polar surface area (TPSA) is 55.4 Å². The molecule has 1 aromatic rings. The molecule has 1 aromatic carbocycles. The Kier molecular flexibility index (Phi) is 8.08. The number of hydrogen-bond acceptors (Lipinski definition) is 3. The summed E-state index contributed by atoms with van der Waals surface area (Å²) in [5.74, 6) is 3.90. The third-order valence-electron chi connectivity index (χ3n) is 10.5. The van der Waals surface area contributed by atoms with Crippen LogP contribution >= 0.6 is 0 Å². The van der Waals surface area contributed by atoms with E-state index in [1.165, 1.54) is 49.7 Å². The largest absolute Gasteiger partial charge is 0.497 e. The molecule has 4 aliphatic carbocycles. The van der Waals surface area contributed by atoms with E-state index < -0.39 is 0 Å². The van der Waals surface area contributed by atoms with E-state index in [9.17, 15) is 9.59 Å². The number of carbonyl (C=O) groups is 2. The molecule has 0 heterocycles. The smallest absolute Gasteiger partial charge is 0.220 e. The molecule has 4 heteroatoms. The zero-order valence-corrected chi connectivity index (χ0v) is 22.7. The van der Waals surface area contributed by atoms with Gasteiger partial charge in [0, 0.05) is 24.3 Å². The van der Waals surface area contributed by atoms with Gasteiger partial charge in [-0.05, 0) is 98.3 Å². The van der Waals surface area contributed by atoms with Crippen LogP contribution in [0.1, 0.15) is 120 Å². The summed E-state index contributed by atoms with van der Waals surface area (Å²) in [6, 6.07) is 7.04. The van der Waals surface area contributed by atoms with Gasteiger partial charge in [0.1, 0.15) is 11.5 Å². The maximum Gasteiger partial charge on any atom is 0.220 e. The average Bonchev–Trinajstić information content (AvgIpc) is 3.12. The minimum absolute atomic E-state index is 0.134. The average molecular weight is 494 g/mol. The van der Waals surface area contributed by atoms with Gasteiger partial charge in [-0.3, -0.25) is 9.59 Å². The lowest BCUT2D eigenvalue weighted by molar-refractivity contribution is -0.129. The second kappa shape index (κ2) is 11.3. The van der Waals surface area contributed by atoms with Gasteiger partial charge in [0.15, 0.2) is 0 Å². The molecule has 3 fully saturated rings. The molecule has 36 heavy (non-hydrogen) atoms. The Morgan fingerprint density at radius 2 is 1.83 bits per heavy atom. The highest BCUT2D eigenvalue weighted by molar-refractivity contribution is 5.87. The SMILES string of the molecule is COc1ccc2c(c1)CC[C@H]1[C@@H]3[C@H](CCCCC(=O)NC4CCCCCCC4)CC(=O)[C@@]3(C)CC[C@H]21. The number of unbranched alkanes of at least 4 members (excludes halogenated alkanes) is 1. The quantitative estimate of drug-likeness (QED) is 0.411. The molecule has 198 valence electrons. The van der Waals surface area contributed by atoms with Crippen LogP contribution in [0.5, 0.6) is 5.75 Å². The lowest BCUT2D eigenvalue weighted by Gasteiger charge is -2.50. The summed E-state index contributed by atoms with van der Waals surface area (Å²) in [7, 11) is 1.75. The standard InChI is InChI=1S/C32H47NO3/c1-32-19-18-27-26-17-15-25(36-2)20-22(26)14-16-28(27)31(32)23(21-29(32)34)10-8-9-13-30(35)33-24-11-6-4-3-5-7-12-24/h15,17,20,23-24,27-28,31H,3-14,16,18-19,21H2,1-2H3,(H,33,35)/t23-,27-,28-,31+,32-/m1/s1. The van der Waals surface area contributed by atoms with Crippen LogP contribution in [-0.2, 0) is 16.0 Å². The Morgan fingerprint density at radius 3 is 2.61 bits per heavy atom. The molecule has 0 radical (unpaired) electrons. The molecular formula is C32H47NO3. The zero-order chi connectivity index (χ0) is 25.1. The first kappa shape index (κ1) is 25.8. The highest BCUT2D eigenvalue weighted by Gasteiger charge is 2.58. The first-order chi connectivity index (χ1) is 17.5. The van der Waals surface area contributed by atoms with Crippen molar-refractivity contribution in [1.29, 1.82) is 0 Å². The van der Waals surface area contributed by atoms with E-state index in [0.29, 0.717) is 41.9 Å². The summed E-state index contributed by atoms with van der Waals surface area (Å²) >= 11 is 0. The minimum Gasteiger partial charge on any atom is -0.497 e. The van der Waals surface area contributed by atoms with Crippen LogP contribution in [0.25, 0.3) is 0 Å². The number of Topliss-reactive ketones (excluding diaryl/α,β-unsaturated/α-hetero) is 1. The molecular weight excluding hydrogens is 446 g/mol. The highest BCUT2D eigenvalue weighted by atomic mass is 16.5. The fourth-order valence-corrected chi connectivity index (χ4v) is 8.60.